The Hall–Kier alpha value is 0.740. The van der Waals surface area contributed by atoms with Crippen LogP contribution in [0.25, 0.3) is 0 Å². The predicted octanol–water partition coefficient (Wildman–Crippen LogP) is 2.70. The quantitative estimate of drug-likeness (QED) is 0.667. The van der Waals surface area contributed by atoms with E-state index in [0.29, 0.717) is 6.61 Å². The zero-order valence-corrected chi connectivity index (χ0v) is 9.07. The van der Waals surface area contributed by atoms with E-state index in [0.717, 1.165) is 12.3 Å². The second-order valence-electron chi connectivity index (χ2n) is 1.85. The molecule has 0 fully saturated rings. The third kappa shape index (κ3) is 5.95. The van der Waals surface area contributed by atoms with Crippen LogP contribution in [-0.2, 0) is 8.83 Å². The highest BCUT2D eigenvalue weighted by atomic mass is 31.2. The highest BCUT2D eigenvalue weighted by Gasteiger charge is 2.11. The summed E-state index contributed by atoms with van der Waals surface area (Å²) in [4.78, 5) is 9.12. The molecule has 11 heavy (non-hydrogen) atoms. The van der Waals surface area contributed by atoms with Gasteiger partial charge in [-0.1, -0.05) is 13.8 Å². The molecule has 0 radical (unpaired) electrons. The van der Waals surface area contributed by atoms with Crippen molar-refractivity contribution < 1.29 is 13.7 Å². The fourth-order valence-corrected chi connectivity index (χ4v) is 3.14. The summed E-state index contributed by atoms with van der Waals surface area (Å²) in [6.45, 7) is 6.47. The van der Waals surface area contributed by atoms with Gasteiger partial charge in [-0.05, 0) is 19.2 Å². The van der Waals surface area contributed by atoms with Crippen LogP contribution >= 0.6 is 16.8 Å². The van der Waals surface area contributed by atoms with Gasteiger partial charge in [-0.2, -0.15) is 0 Å². The molecule has 1 unspecified atom stereocenters. The zero-order valence-electron chi connectivity index (χ0n) is 7.28. The van der Waals surface area contributed by atoms with E-state index in [-0.39, 0.29) is 0 Å². The Kier molecular flexibility index (Phi) is 7.89. The summed E-state index contributed by atoms with van der Waals surface area (Å²) in [6, 6.07) is 0. The molecule has 0 aromatic carbocycles. The van der Waals surface area contributed by atoms with Gasteiger partial charge in [0, 0.05) is 8.15 Å². The van der Waals surface area contributed by atoms with E-state index < -0.39 is 16.8 Å². The molecule has 0 saturated heterocycles. The summed E-state index contributed by atoms with van der Waals surface area (Å²) >= 11 is 0. The molecule has 68 valence electrons. The molecule has 5 heteroatoms. The largest absolute Gasteiger partial charge is 0.333 e. The lowest BCUT2D eigenvalue weighted by molar-refractivity contribution is 0.281. The minimum absolute atomic E-state index is 0.453. The average Bonchev–Trinajstić information content (AvgIpc) is 2.01. The summed E-state index contributed by atoms with van der Waals surface area (Å²) in [5.74, 6) is 0. The lowest BCUT2D eigenvalue weighted by Crippen LogP contribution is -1.89. The van der Waals surface area contributed by atoms with Gasteiger partial charge >= 0.3 is 8.60 Å². The molecule has 0 aliphatic rings. The Morgan fingerprint density at radius 1 is 1.18 bits per heavy atom. The Balaban J connectivity index is 3.44. The Morgan fingerprint density at radius 3 is 2.09 bits per heavy atom. The molecule has 0 aliphatic carbocycles. The smallest absolute Gasteiger partial charge is 0.328 e. The third-order valence-corrected chi connectivity index (χ3v) is 4.50. The van der Waals surface area contributed by atoms with Gasteiger partial charge in [-0.15, -0.1) is 0 Å². The number of rotatable bonds is 6. The zero-order chi connectivity index (χ0) is 8.69. The monoisotopic (exact) mass is 198 g/mol. The van der Waals surface area contributed by atoms with Gasteiger partial charge in [0.05, 0.1) is 6.61 Å². The normalized spacial score (nSPS) is 13.9. The van der Waals surface area contributed by atoms with Crippen LogP contribution in [0, 0.1) is 0 Å². The molecule has 3 nitrogen and oxygen atoms in total. The molecule has 0 aliphatic heterocycles. The molecule has 0 amide bonds. The van der Waals surface area contributed by atoms with Crippen LogP contribution in [0.1, 0.15) is 20.8 Å². The predicted molar refractivity (Wildman–Crippen MR) is 49.9 cm³/mol. The van der Waals surface area contributed by atoms with Crippen molar-refractivity contribution in [2.45, 2.75) is 20.8 Å². The van der Waals surface area contributed by atoms with Crippen LogP contribution in [0.4, 0.5) is 0 Å². The minimum Gasteiger partial charge on any atom is -0.328 e. The van der Waals surface area contributed by atoms with Gasteiger partial charge in [-0.3, -0.25) is 4.31 Å². The highest BCUT2D eigenvalue weighted by molar-refractivity contribution is 7.61. The van der Waals surface area contributed by atoms with Gasteiger partial charge in [0.15, 0.2) is 0 Å². The van der Waals surface area contributed by atoms with Crippen molar-refractivity contribution in [2.75, 3.05) is 18.9 Å². The van der Waals surface area contributed by atoms with E-state index in [1.807, 2.05) is 6.92 Å². The molecule has 1 atom stereocenters. The fraction of sp³-hybridized carbons (Fsp3) is 1.00. The van der Waals surface area contributed by atoms with Crippen molar-refractivity contribution in [2.24, 2.45) is 0 Å². The molecular weight excluding hydrogens is 182 g/mol. The Bertz CT molecular complexity index is 87.9. The highest BCUT2D eigenvalue weighted by Crippen LogP contribution is 2.50. The van der Waals surface area contributed by atoms with Crippen molar-refractivity contribution >= 4 is 16.8 Å². The average molecular weight is 198 g/mol. The van der Waals surface area contributed by atoms with Gasteiger partial charge in [-0.25, -0.2) is 0 Å². The van der Waals surface area contributed by atoms with Crippen molar-refractivity contribution in [1.29, 1.82) is 0 Å². The Labute approximate surface area is 70.9 Å². The van der Waals surface area contributed by atoms with Crippen LogP contribution < -0.4 is 0 Å². The second-order valence-corrected chi connectivity index (χ2v) is 5.47. The first-order chi connectivity index (χ1) is 5.24. The van der Waals surface area contributed by atoms with Crippen molar-refractivity contribution in [3.63, 3.8) is 0 Å². The van der Waals surface area contributed by atoms with Gasteiger partial charge in [0.25, 0.3) is 0 Å². The lowest BCUT2D eigenvalue weighted by Gasteiger charge is -2.16. The van der Waals surface area contributed by atoms with Crippen LogP contribution in [0.3, 0.4) is 0 Å². The lowest BCUT2D eigenvalue weighted by atomic mass is 10.9. The van der Waals surface area contributed by atoms with Crippen LogP contribution in [0.5, 0.6) is 0 Å². The summed E-state index contributed by atoms with van der Waals surface area (Å²) in [7, 11) is -2.06. The van der Waals surface area contributed by atoms with E-state index in [2.05, 4.69) is 13.8 Å². The molecule has 1 N–H and O–H groups in total. The SMILES string of the molecule is CCOP(O)OP(CC)CC. The van der Waals surface area contributed by atoms with Gasteiger partial charge < -0.3 is 9.42 Å². The second kappa shape index (κ2) is 7.39. The maximum absolute atomic E-state index is 9.12. The maximum atomic E-state index is 9.12. The van der Waals surface area contributed by atoms with Crippen molar-refractivity contribution in [1.82, 2.24) is 0 Å². The van der Waals surface area contributed by atoms with E-state index in [9.17, 15) is 0 Å². The first-order valence-corrected chi connectivity index (χ1v) is 6.55. The minimum atomic E-state index is -1.60. The van der Waals surface area contributed by atoms with Gasteiger partial charge in [0.1, 0.15) is 0 Å². The molecule has 0 aromatic rings. The maximum Gasteiger partial charge on any atom is 0.333 e. The molecule has 0 bridgehead atoms. The number of hydrogen-bond donors (Lipinski definition) is 1. The van der Waals surface area contributed by atoms with E-state index in [1.165, 1.54) is 0 Å². The van der Waals surface area contributed by atoms with Crippen LogP contribution in [-0.4, -0.2) is 23.8 Å². The number of hydrogen-bond acceptors (Lipinski definition) is 3. The van der Waals surface area contributed by atoms with Crippen LogP contribution in [0.2, 0.25) is 0 Å². The fourth-order valence-electron chi connectivity index (χ4n) is 0.572. The standard InChI is InChI=1S/C6H16O3P2/c1-4-8-11(7)9-10(5-2)6-3/h7H,4-6H2,1-3H3. The Morgan fingerprint density at radius 2 is 1.73 bits per heavy atom. The summed E-state index contributed by atoms with van der Waals surface area (Å²) in [5.41, 5.74) is 0. The first-order valence-electron chi connectivity index (χ1n) is 3.79. The third-order valence-electron chi connectivity index (χ3n) is 1.13. The summed E-state index contributed by atoms with van der Waals surface area (Å²) in [6.07, 6.45) is 1.97. The molecule has 0 spiro atoms. The van der Waals surface area contributed by atoms with Crippen LogP contribution in [0.15, 0.2) is 0 Å². The molecule has 0 aromatic heterocycles. The van der Waals surface area contributed by atoms with Crippen molar-refractivity contribution in [3.05, 3.63) is 0 Å². The van der Waals surface area contributed by atoms with E-state index in [1.54, 1.807) is 0 Å². The first kappa shape index (κ1) is 11.7. The van der Waals surface area contributed by atoms with Gasteiger partial charge in [0.2, 0.25) is 0 Å². The summed E-state index contributed by atoms with van der Waals surface area (Å²) < 4.78 is 10.1. The molecule has 0 rings (SSSR count). The van der Waals surface area contributed by atoms with Crippen molar-refractivity contribution in [3.8, 4) is 0 Å². The molecule has 0 saturated carbocycles. The van der Waals surface area contributed by atoms with E-state index >= 15 is 0 Å². The molecular formula is C6H16O3P2. The summed E-state index contributed by atoms with van der Waals surface area (Å²) in [5, 5.41) is 0. The topological polar surface area (TPSA) is 38.7 Å². The van der Waals surface area contributed by atoms with E-state index in [4.69, 9.17) is 13.7 Å². The molecule has 0 heterocycles.